The zero-order valence-corrected chi connectivity index (χ0v) is 18.4. The molecule has 1 aromatic carbocycles. The fourth-order valence-electron chi connectivity index (χ4n) is 6.38. The second kappa shape index (κ2) is 9.59. The van der Waals surface area contributed by atoms with Gasteiger partial charge in [0.2, 0.25) is 11.8 Å². The van der Waals surface area contributed by atoms with Crippen LogP contribution in [0.1, 0.15) is 57.8 Å². The van der Waals surface area contributed by atoms with Gasteiger partial charge in [-0.3, -0.25) is 9.59 Å². The van der Waals surface area contributed by atoms with Crippen molar-refractivity contribution in [1.29, 1.82) is 0 Å². The maximum Gasteiger partial charge on any atom is 0.220 e. The molecule has 0 unspecified atom stereocenters. The normalized spacial score (nSPS) is 28.9. The predicted molar refractivity (Wildman–Crippen MR) is 117 cm³/mol. The fraction of sp³-hybridized carbons (Fsp3) is 0.667. The summed E-state index contributed by atoms with van der Waals surface area (Å²) in [5.74, 6) is 3.37. The van der Waals surface area contributed by atoms with Gasteiger partial charge in [0.05, 0.1) is 11.6 Å². The van der Waals surface area contributed by atoms with Gasteiger partial charge in [-0.05, 0) is 80.2 Å². The van der Waals surface area contributed by atoms with E-state index in [4.69, 9.17) is 16.3 Å². The quantitative estimate of drug-likeness (QED) is 0.540. The molecule has 4 bridgehead atoms. The Morgan fingerprint density at radius 2 is 1.57 bits per heavy atom. The van der Waals surface area contributed by atoms with E-state index in [1.807, 2.05) is 18.2 Å². The number of hydrogen-bond acceptors (Lipinski definition) is 3. The lowest BCUT2D eigenvalue weighted by Crippen LogP contribution is -2.48. The Morgan fingerprint density at radius 1 is 0.967 bits per heavy atom. The molecule has 4 fully saturated rings. The second-order valence-corrected chi connectivity index (χ2v) is 10.1. The first-order valence-electron chi connectivity index (χ1n) is 11.4. The summed E-state index contributed by atoms with van der Waals surface area (Å²) in [5.41, 5.74) is 0.268. The minimum absolute atomic E-state index is 0.0203. The third-order valence-corrected chi connectivity index (χ3v) is 7.42. The van der Waals surface area contributed by atoms with Crippen molar-refractivity contribution in [2.75, 3.05) is 19.7 Å². The minimum Gasteiger partial charge on any atom is -0.492 e. The van der Waals surface area contributed by atoms with Gasteiger partial charge in [-0.25, -0.2) is 0 Å². The van der Waals surface area contributed by atoms with Crippen molar-refractivity contribution in [2.24, 2.45) is 23.2 Å². The summed E-state index contributed by atoms with van der Waals surface area (Å²) in [5, 5.41) is 6.46. The monoisotopic (exact) mass is 432 g/mol. The van der Waals surface area contributed by atoms with Gasteiger partial charge in [-0.2, -0.15) is 0 Å². The molecule has 6 heteroatoms. The highest BCUT2D eigenvalue weighted by Crippen LogP contribution is 2.61. The molecule has 1 aromatic rings. The first-order chi connectivity index (χ1) is 14.5. The molecule has 30 heavy (non-hydrogen) atoms. The predicted octanol–water partition coefficient (Wildman–Crippen LogP) is 4.34. The van der Waals surface area contributed by atoms with Crippen LogP contribution in [0.3, 0.4) is 0 Å². The molecule has 2 N–H and O–H groups in total. The highest BCUT2D eigenvalue weighted by Gasteiger charge is 2.51. The summed E-state index contributed by atoms with van der Waals surface area (Å²) in [6, 6.07) is 7.31. The van der Waals surface area contributed by atoms with Crippen LogP contribution in [0, 0.1) is 23.2 Å². The van der Waals surface area contributed by atoms with Gasteiger partial charge in [0.15, 0.2) is 0 Å². The Morgan fingerprint density at radius 3 is 2.20 bits per heavy atom. The topological polar surface area (TPSA) is 67.4 Å². The summed E-state index contributed by atoms with van der Waals surface area (Å²) >= 11 is 6.04. The number of rotatable bonds is 10. The lowest BCUT2D eigenvalue weighted by atomic mass is 9.49. The van der Waals surface area contributed by atoms with Crippen molar-refractivity contribution in [3.8, 4) is 5.75 Å². The Hall–Kier alpha value is -1.75. The molecule has 2 amide bonds. The van der Waals surface area contributed by atoms with E-state index in [1.165, 1.54) is 38.5 Å². The highest BCUT2D eigenvalue weighted by atomic mass is 35.5. The molecule has 5 rings (SSSR count). The Balaban J connectivity index is 1.07. The van der Waals surface area contributed by atoms with E-state index in [0.717, 1.165) is 17.8 Å². The van der Waals surface area contributed by atoms with Crippen molar-refractivity contribution in [3.63, 3.8) is 0 Å². The average molecular weight is 433 g/mol. The molecule has 4 aliphatic rings. The molecule has 0 heterocycles. The van der Waals surface area contributed by atoms with Crippen molar-refractivity contribution < 1.29 is 14.3 Å². The number of ether oxygens (including phenoxy) is 1. The van der Waals surface area contributed by atoms with Crippen molar-refractivity contribution in [2.45, 2.75) is 57.8 Å². The number of halogens is 1. The largest absolute Gasteiger partial charge is 0.492 e. The number of carbonyl (C=O) groups is 2. The van der Waals surface area contributed by atoms with Crippen molar-refractivity contribution in [3.05, 3.63) is 29.3 Å². The van der Waals surface area contributed by atoms with Crippen LogP contribution in [0.4, 0.5) is 0 Å². The van der Waals surface area contributed by atoms with Gasteiger partial charge in [-0.15, -0.1) is 0 Å². The standard InChI is InChI=1S/C24H33ClN2O3/c25-20-4-1-2-5-21(20)30-9-3-6-22(28)26-7-8-27-23(29)16-24-13-17-10-18(14-24)12-19(11-17)15-24/h1-2,4-5,17-19H,3,6-16H2,(H,26,28)(H,27,29). The number of para-hydroxylation sites is 1. The highest BCUT2D eigenvalue weighted by molar-refractivity contribution is 6.32. The van der Waals surface area contributed by atoms with Crippen molar-refractivity contribution >= 4 is 23.4 Å². The number of hydrogen-bond donors (Lipinski definition) is 2. The third-order valence-electron chi connectivity index (χ3n) is 7.11. The molecule has 5 nitrogen and oxygen atoms in total. The van der Waals surface area contributed by atoms with Crippen LogP contribution in [-0.4, -0.2) is 31.5 Å². The van der Waals surface area contributed by atoms with E-state index in [1.54, 1.807) is 6.07 Å². The Bertz CT molecular complexity index is 731. The molecule has 0 saturated heterocycles. The van der Waals surface area contributed by atoms with Crippen LogP contribution in [0.2, 0.25) is 5.02 Å². The van der Waals surface area contributed by atoms with E-state index >= 15 is 0 Å². The van der Waals surface area contributed by atoms with E-state index < -0.39 is 0 Å². The first kappa shape index (κ1) is 21.5. The molecular weight excluding hydrogens is 400 g/mol. The number of carbonyl (C=O) groups excluding carboxylic acids is 2. The van der Waals surface area contributed by atoms with Crippen molar-refractivity contribution in [1.82, 2.24) is 10.6 Å². The van der Waals surface area contributed by atoms with Crippen LogP contribution in [0.25, 0.3) is 0 Å². The molecule has 164 valence electrons. The summed E-state index contributed by atoms with van der Waals surface area (Å²) in [6.07, 6.45) is 9.63. The third kappa shape index (κ3) is 5.48. The average Bonchev–Trinajstić information content (AvgIpc) is 2.68. The van der Waals surface area contributed by atoms with Crippen LogP contribution in [-0.2, 0) is 9.59 Å². The van der Waals surface area contributed by atoms with E-state index in [2.05, 4.69) is 10.6 Å². The molecule has 4 saturated carbocycles. The smallest absolute Gasteiger partial charge is 0.220 e. The molecule has 0 radical (unpaired) electrons. The Labute approximate surface area is 184 Å². The summed E-state index contributed by atoms with van der Waals surface area (Å²) in [6.45, 7) is 1.41. The first-order valence-corrected chi connectivity index (χ1v) is 11.8. The molecular formula is C24H33ClN2O3. The fourth-order valence-corrected chi connectivity index (χ4v) is 6.57. The van der Waals surface area contributed by atoms with E-state index in [-0.39, 0.29) is 17.2 Å². The minimum atomic E-state index is -0.0203. The second-order valence-electron chi connectivity index (χ2n) is 9.68. The van der Waals surface area contributed by atoms with Crippen LogP contribution in [0.5, 0.6) is 5.75 Å². The van der Waals surface area contributed by atoms with E-state index in [0.29, 0.717) is 49.7 Å². The van der Waals surface area contributed by atoms with Crippen LogP contribution >= 0.6 is 11.6 Å². The summed E-state index contributed by atoms with van der Waals surface area (Å²) in [7, 11) is 0. The molecule has 4 aliphatic carbocycles. The molecule has 0 aliphatic heterocycles. The lowest BCUT2D eigenvalue weighted by molar-refractivity contribution is -0.129. The zero-order chi connectivity index (χ0) is 21.0. The summed E-state index contributed by atoms with van der Waals surface area (Å²) in [4.78, 5) is 24.5. The number of nitrogens with one attached hydrogen (secondary N) is 2. The lowest BCUT2D eigenvalue weighted by Gasteiger charge is -2.56. The molecule has 0 aromatic heterocycles. The zero-order valence-electron chi connectivity index (χ0n) is 17.6. The summed E-state index contributed by atoms with van der Waals surface area (Å²) < 4.78 is 5.59. The number of amides is 2. The van der Waals surface area contributed by atoms with Gasteiger partial charge in [-0.1, -0.05) is 23.7 Å². The van der Waals surface area contributed by atoms with Gasteiger partial charge in [0, 0.05) is 25.9 Å². The van der Waals surface area contributed by atoms with Crippen LogP contribution in [0.15, 0.2) is 24.3 Å². The van der Waals surface area contributed by atoms with Crippen LogP contribution < -0.4 is 15.4 Å². The number of benzene rings is 1. The Kier molecular flexibility index (Phi) is 6.87. The molecule has 0 atom stereocenters. The maximum absolute atomic E-state index is 12.5. The van der Waals surface area contributed by atoms with Gasteiger partial charge >= 0.3 is 0 Å². The maximum atomic E-state index is 12.5. The SMILES string of the molecule is O=C(CCCOc1ccccc1Cl)NCCNC(=O)CC12CC3CC(CC(C3)C1)C2. The van der Waals surface area contributed by atoms with Gasteiger partial charge in [0.25, 0.3) is 0 Å². The molecule has 0 spiro atoms. The van der Waals surface area contributed by atoms with Gasteiger partial charge in [0.1, 0.15) is 5.75 Å². The van der Waals surface area contributed by atoms with E-state index in [9.17, 15) is 9.59 Å². The van der Waals surface area contributed by atoms with Gasteiger partial charge < -0.3 is 15.4 Å².